The number of thiazole rings is 1. The molecular weight excluding hydrogens is 256 g/mol. The highest BCUT2D eigenvalue weighted by Crippen LogP contribution is 2.20. The Morgan fingerprint density at radius 1 is 1.26 bits per heavy atom. The minimum absolute atomic E-state index is 0.571. The number of hydrogen-bond acceptors (Lipinski definition) is 4. The van der Waals surface area contributed by atoms with Gasteiger partial charge in [0.25, 0.3) is 0 Å². The Labute approximate surface area is 118 Å². The van der Waals surface area contributed by atoms with Gasteiger partial charge >= 0.3 is 0 Å². The maximum Gasteiger partial charge on any atom is 0.122 e. The molecule has 0 saturated carbocycles. The van der Waals surface area contributed by atoms with E-state index in [0.717, 1.165) is 22.9 Å². The van der Waals surface area contributed by atoms with Crippen molar-refractivity contribution >= 4 is 11.3 Å². The van der Waals surface area contributed by atoms with Crippen LogP contribution in [0.4, 0.5) is 0 Å². The van der Waals surface area contributed by atoms with Crippen molar-refractivity contribution in [1.82, 2.24) is 4.98 Å². The first kappa shape index (κ1) is 14.0. The normalized spacial score (nSPS) is 10.7. The van der Waals surface area contributed by atoms with Gasteiger partial charge in [0.2, 0.25) is 0 Å². The Kier molecular flexibility index (Phi) is 4.56. The van der Waals surface area contributed by atoms with Gasteiger partial charge in [0.15, 0.2) is 0 Å². The molecule has 0 aliphatic carbocycles. The summed E-state index contributed by atoms with van der Waals surface area (Å²) in [6.45, 7) is 7.39. The van der Waals surface area contributed by atoms with E-state index in [2.05, 4.69) is 31.0 Å². The van der Waals surface area contributed by atoms with E-state index < -0.39 is 0 Å². The van der Waals surface area contributed by atoms with Crippen molar-refractivity contribution in [3.05, 3.63) is 44.9 Å². The first-order chi connectivity index (χ1) is 9.10. The van der Waals surface area contributed by atoms with Crippen molar-refractivity contribution in [3.63, 3.8) is 0 Å². The van der Waals surface area contributed by atoms with E-state index in [-0.39, 0.29) is 0 Å². The fourth-order valence-electron chi connectivity index (χ4n) is 1.99. The quantitative estimate of drug-likeness (QED) is 0.912. The second-order valence-corrected chi connectivity index (χ2v) is 5.86. The molecule has 2 rings (SSSR count). The Morgan fingerprint density at radius 2 is 2.05 bits per heavy atom. The van der Waals surface area contributed by atoms with Gasteiger partial charge in [-0.05, 0) is 32.4 Å². The summed E-state index contributed by atoms with van der Waals surface area (Å²) in [6.07, 6.45) is 0.832. The third-order valence-electron chi connectivity index (χ3n) is 3.03. The topological polar surface area (TPSA) is 48.1 Å². The maximum absolute atomic E-state index is 5.81. The average molecular weight is 276 g/mol. The molecule has 0 fully saturated rings. The summed E-state index contributed by atoms with van der Waals surface area (Å²) in [7, 11) is 0. The summed E-state index contributed by atoms with van der Waals surface area (Å²) in [4.78, 5) is 5.68. The lowest BCUT2D eigenvalue weighted by molar-refractivity contribution is 0.319. The highest BCUT2D eigenvalue weighted by Gasteiger charge is 2.06. The Morgan fingerprint density at radius 3 is 2.68 bits per heavy atom. The van der Waals surface area contributed by atoms with E-state index in [1.807, 2.05) is 13.0 Å². The van der Waals surface area contributed by atoms with Gasteiger partial charge in [-0.1, -0.05) is 17.7 Å². The molecule has 0 atom stereocenters. The van der Waals surface area contributed by atoms with Crippen molar-refractivity contribution < 1.29 is 4.74 Å². The zero-order valence-corrected chi connectivity index (χ0v) is 12.5. The predicted octanol–water partition coefficient (Wildman–Crippen LogP) is 3.15. The largest absolute Gasteiger partial charge is 0.493 e. The van der Waals surface area contributed by atoms with E-state index in [9.17, 15) is 0 Å². The average Bonchev–Trinajstić information content (AvgIpc) is 2.72. The van der Waals surface area contributed by atoms with Crippen molar-refractivity contribution in [3.8, 4) is 5.75 Å². The molecule has 4 heteroatoms. The first-order valence-corrected chi connectivity index (χ1v) is 7.27. The molecule has 1 aromatic carbocycles. The van der Waals surface area contributed by atoms with Crippen LogP contribution in [0.5, 0.6) is 5.75 Å². The van der Waals surface area contributed by atoms with Crippen LogP contribution in [-0.4, -0.2) is 11.6 Å². The van der Waals surface area contributed by atoms with Crippen LogP contribution in [0.15, 0.2) is 18.2 Å². The van der Waals surface area contributed by atoms with Crippen molar-refractivity contribution in [1.29, 1.82) is 0 Å². The van der Waals surface area contributed by atoms with Crippen LogP contribution in [0.25, 0.3) is 0 Å². The number of nitrogens with two attached hydrogens (primary N) is 1. The lowest BCUT2D eigenvalue weighted by Crippen LogP contribution is -2.02. The van der Waals surface area contributed by atoms with Crippen molar-refractivity contribution in [2.75, 3.05) is 6.61 Å². The van der Waals surface area contributed by atoms with Crippen LogP contribution in [-0.2, 0) is 13.0 Å². The Balaban J connectivity index is 1.92. The zero-order chi connectivity index (χ0) is 13.8. The standard InChI is InChI=1S/C15H20N2OS/c1-10-4-5-13(11(2)8-10)18-7-6-15-17-12(3)14(9-16)19-15/h4-5,8H,6-7,9,16H2,1-3H3. The fraction of sp³-hybridized carbons (Fsp3) is 0.400. The van der Waals surface area contributed by atoms with Gasteiger partial charge in [0, 0.05) is 17.8 Å². The fourth-order valence-corrected chi connectivity index (χ4v) is 2.92. The summed E-state index contributed by atoms with van der Waals surface area (Å²) in [5, 5.41) is 1.10. The van der Waals surface area contributed by atoms with E-state index in [0.29, 0.717) is 13.2 Å². The van der Waals surface area contributed by atoms with Crippen LogP contribution >= 0.6 is 11.3 Å². The van der Waals surface area contributed by atoms with Crippen LogP contribution in [0.1, 0.15) is 26.7 Å². The van der Waals surface area contributed by atoms with Crippen LogP contribution < -0.4 is 10.5 Å². The number of aryl methyl sites for hydroxylation is 3. The summed E-state index contributed by atoms with van der Waals surface area (Å²) >= 11 is 1.69. The van der Waals surface area contributed by atoms with Crippen LogP contribution in [0.3, 0.4) is 0 Å². The lowest BCUT2D eigenvalue weighted by atomic mass is 10.1. The minimum atomic E-state index is 0.571. The van der Waals surface area contributed by atoms with Gasteiger partial charge in [-0.3, -0.25) is 0 Å². The number of rotatable bonds is 5. The first-order valence-electron chi connectivity index (χ1n) is 6.45. The molecule has 1 aromatic heterocycles. The van der Waals surface area contributed by atoms with Gasteiger partial charge < -0.3 is 10.5 Å². The molecule has 0 radical (unpaired) electrons. The predicted molar refractivity (Wildman–Crippen MR) is 79.9 cm³/mol. The van der Waals surface area contributed by atoms with Gasteiger partial charge in [-0.25, -0.2) is 4.98 Å². The summed E-state index contributed by atoms with van der Waals surface area (Å²) in [5.41, 5.74) is 9.14. The molecule has 102 valence electrons. The van der Waals surface area contributed by atoms with Crippen molar-refractivity contribution in [2.24, 2.45) is 5.73 Å². The number of hydrogen-bond donors (Lipinski definition) is 1. The molecule has 0 aliphatic rings. The number of ether oxygens (including phenoxy) is 1. The smallest absolute Gasteiger partial charge is 0.122 e. The molecule has 0 amide bonds. The lowest BCUT2D eigenvalue weighted by Gasteiger charge is -2.08. The SMILES string of the molecule is Cc1ccc(OCCc2nc(C)c(CN)s2)c(C)c1. The molecule has 1 heterocycles. The second kappa shape index (κ2) is 6.17. The van der Waals surface area contributed by atoms with Crippen LogP contribution in [0.2, 0.25) is 0 Å². The van der Waals surface area contributed by atoms with E-state index in [1.54, 1.807) is 11.3 Å². The van der Waals surface area contributed by atoms with Crippen LogP contribution in [0, 0.1) is 20.8 Å². The number of nitrogens with zero attached hydrogens (tertiary/aromatic N) is 1. The second-order valence-electron chi connectivity index (χ2n) is 4.69. The highest BCUT2D eigenvalue weighted by molar-refractivity contribution is 7.11. The summed E-state index contributed by atoms with van der Waals surface area (Å²) in [5.74, 6) is 0.956. The van der Waals surface area contributed by atoms with E-state index in [4.69, 9.17) is 10.5 Å². The van der Waals surface area contributed by atoms with Gasteiger partial charge in [-0.15, -0.1) is 11.3 Å². The summed E-state index contributed by atoms with van der Waals surface area (Å²) in [6, 6.07) is 6.24. The van der Waals surface area contributed by atoms with E-state index in [1.165, 1.54) is 16.0 Å². The molecule has 0 bridgehead atoms. The third-order valence-corrected chi connectivity index (χ3v) is 4.27. The Hall–Kier alpha value is -1.39. The van der Waals surface area contributed by atoms with Crippen molar-refractivity contribution in [2.45, 2.75) is 33.7 Å². The molecule has 2 aromatic rings. The molecule has 3 nitrogen and oxygen atoms in total. The number of benzene rings is 1. The molecule has 0 aliphatic heterocycles. The summed E-state index contributed by atoms with van der Waals surface area (Å²) < 4.78 is 5.81. The monoisotopic (exact) mass is 276 g/mol. The maximum atomic E-state index is 5.81. The molecule has 0 spiro atoms. The van der Waals surface area contributed by atoms with Gasteiger partial charge in [-0.2, -0.15) is 0 Å². The van der Waals surface area contributed by atoms with Gasteiger partial charge in [0.1, 0.15) is 5.75 Å². The zero-order valence-electron chi connectivity index (χ0n) is 11.7. The molecule has 0 unspecified atom stereocenters. The molecule has 19 heavy (non-hydrogen) atoms. The Bertz CT molecular complexity index is 563. The third kappa shape index (κ3) is 3.55. The minimum Gasteiger partial charge on any atom is -0.493 e. The molecular formula is C15H20N2OS. The highest BCUT2D eigenvalue weighted by atomic mass is 32.1. The molecule has 2 N–H and O–H groups in total. The number of aromatic nitrogens is 1. The van der Waals surface area contributed by atoms with E-state index >= 15 is 0 Å². The molecule has 0 saturated heterocycles. The van der Waals surface area contributed by atoms with Gasteiger partial charge in [0.05, 0.1) is 17.3 Å².